The number of rotatable bonds is 4. The molecule has 0 amide bonds. The van der Waals surface area contributed by atoms with E-state index >= 15 is 0 Å². The number of ether oxygens (including phenoxy) is 1. The van der Waals surface area contributed by atoms with Crippen LogP contribution in [0, 0.1) is 5.82 Å². The number of nitrogens with two attached hydrogens (primary N) is 1. The molecule has 1 heterocycles. The number of hydrogen-bond acceptors (Lipinski definition) is 3. The van der Waals surface area contributed by atoms with E-state index < -0.39 is 0 Å². The molecule has 1 aliphatic carbocycles. The van der Waals surface area contributed by atoms with Crippen LogP contribution >= 0.6 is 11.3 Å². The van der Waals surface area contributed by atoms with Crippen LogP contribution in [0.1, 0.15) is 29.7 Å². The smallest absolute Gasteiger partial charge is 0.132 e. The summed E-state index contributed by atoms with van der Waals surface area (Å²) >= 11 is 1.57. The van der Waals surface area contributed by atoms with Gasteiger partial charge >= 0.3 is 0 Å². The molecule has 0 spiro atoms. The highest BCUT2D eigenvalue weighted by Crippen LogP contribution is 2.34. The average Bonchev–Trinajstić information content (AvgIpc) is 2.67. The lowest BCUT2D eigenvalue weighted by atomic mass is 9.96. The first kappa shape index (κ1) is 12.1. The topological polar surface area (TPSA) is 35.2 Å². The zero-order valence-corrected chi connectivity index (χ0v) is 10.9. The van der Waals surface area contributed by atoms with E-state index in [4.69, 9.17) is 10.5 Å². The van der Waals surface area contributed by atoms with Gasteiger partial charge in [-0.3, -0.25) is 0 Å². The first-order valence-corrected chi connectivity index (χ1v) is 7.11. The first-order valence-electron chi connectivity index (χ1n) is 6.30. The second kappa shape index (κ2) is 4.96. The Balaban J connectivity index is 1.95. The molecule has 0 atom stereocenters. The Bertz CT molecular complexity index is 562. The lowest BCUT2D eigenvalue weighted by Gasteiger charge is -2.25. The third-order valence-electron chi connectivity index (χ3n) is 3.55. The predicted molar refractivity (Wildman–Crippen MR) is 72.1 cm³/mol. The Morgan fingerprint density at radius 3 is 2.89 bits per heavy atom. The minimum absolute atomic E-state index is 0.171. The van der Waals surface area contributed by atoms with Gasteiger partial charge in [-0.2, -0.15) is 0 Å². The SMILES string of the molecule is NCc1sc2cccc(F)c2c1COC1CCC1. The highest BCUT2D eigenvalue weighted by molar-refractivity contribution is 7.19. The number of benzene rings is 1. The van der Waals surface area contributed by atoms with Gasteiger partial charge in [-0.15, -0.1) is 11.3 Å². The molecule has 1 aromatic carbocycles. The van der Waals surface area contributed by atoms with Crippen molar-refractivity contribution in [2.45, 2.75) is 38.5 Å². The molecule has 1 aliphatic rings. The Morgan fingerprint density at radius 1 is 1.39 bits per heavy atom. The summed E-state index contributed by atoms with van der Waals surface area (Å²) in [7, 11) is 0. The van der Waals surface area contributed by atoms with Gasteiger partial charge in [0.1, 0.15) is 5.82 Å². The second-order valence-electron chi connectivity index (χ2n) is 4.68. The molecule has 3 rings (SSSR count). The van der Waals surface area contributed by atoms with E-state index in [0.717, 1.165) is 28.0 Å². The van der Waals surface area contributed by atoms with Gasteiger partial charge in [0, 0.05) is 27.1 Å². The molecule has 2 N–H and O–H groups in total. The molecule has 2 aromatic rings. The van der Waals surface area contributed by atoms with Gasteiger partial charge in [0.05, 0.1) is 12.7 Å². The summed E-state index contributed by atoms with van der Waals surface area (Å²) in [6.45, 7) is 0.931. The second-order valence-corrected chi connectivity index (χ2v) is 5.82. The van der Waals surface area contributed by atoms with Gasteiger partial charge in [-0.05, 0) is 31.4 Å². The molecule has 0 aliphatic heterocycles. The summed E-state index contributed by atoms with van der Waals surface area (Å²) in [6.07, 6.45) is 3.86. The standard InChI is InChI=1S/C14H16FNOS/c15-11-5-2-6-12-14(11)10(13(7-16)18-12)8-17-9-3-1-4-9/h2,5-6,9H,1,3-4,7-8,16H2. The predicted octanol–water partition coefficient (Wildman–Crippen LogP) is 3.57. The van der Waals surface area contributed by atoms with Crippen LogP contribution in [0.4, 0.5) is 4.39 Å². The number of fused-ring (bicyclic) bond motifs is 1. The Kier molecular flexibility index (Phi) is 3.33. The molecule has 0 unspecified atom stereocenters. The summed E-state index contributed by atoms with van der Waals surface area (Å²) in [4.78, 5) is 1.04. The van der Waals surface area contributed by atoms with Gasteiger partial charge in [0.2, 0.25) is 0 Å². The summed E-state index contributed by atoms with van der Waals surface area (Å²) in [5, 5.41) is 0.697. The highest BCUT2D eigenvalue weighted by atomic mass is 32.1. The molecule has 0 saturated heterocycles. The average molecular weight is 265 g/mol. The zero-order valence-electron chi connectivity index (χ0n) is 10.1. The lowest BCUT2D eigenvalue weighted by Crippen LogP contribution is -2.21. The van der Waals surface area contributed by atoms with Crippen molar-refractivity contribution in [1.29, 1.82) is 0 Å². The van der Waals surface area contributed by atoms with Crippen LogP contribution in [0.3, 0.4) is 0 Å². The zero-order chi connectivity index (χ0) is 12.5. The number of hydrogen-bond donors (Lipinski definition) is 1. The van der Waals surface area contributed by atoms with Crippen molar-refractivity contribution < 1.29 is 9.13 Å². The van der Waals surface area contributed by atoms with Gasteiger partial charge < -0.3 is 10.5 Å². The molecule has 1 saturated carbocycles. The summed E-state index contributed by atoms with van der Waals surface area (Å²) in [6, 6.07) is 5.18. The molecule has 0 radical (unpaired) electrons. The summed E-state index contributed by atoms with van der Waals surface area (Å²) in [5.74, 6) is -0.171. The fraction of sp³-hybridized carbons (Fsp3) is 0.429. The van der Waals surface area contributed by atoms with Crippen molar-refractivity contribution in [2.24, 2.45) is 5.73 Å². The van der Waals surface area contributed by atoms with Crippen molar-refractivity contribution in [1.82, 2.24) is 0 Å². The molecule has 96 valence electrons. The maximum atomic E-state index is 13.9. The van der Waals surface area contributed by atoms with Crippen molar-refractivity contribution in [3.8, 4) is 0 Å². The summed E-state index contributed by atoms with van der Waals surface area (Å²) < 4.78 is 20.7. The van der Waals surface area contributed by atoms with Crippen LogP contribution in [-0.4, -0.2) is 6.10 Å². The minimum Gasteiger partial charge on any atom is -0.373 e. The molecule has 4 heteroatoms. The number of thiophene rings is 1. The van der Waals surface area contributed by atoms with Gasteiger partial charge in [-0.25, -0.2) is 4.39 Å². The van der Waals surface area contributed by atoms with Crippen LogP contribution in [0.2, 0.25) is 0 Å². The molecule has 2 nitrogen and oxygen atoms in total. The molecule has 0 bridgehead atoms. The molecular formula is C14H16FNOS. The van der Waals surface area contributed by atoms with E-state index in [1.165, 1.54) is 12.5 Å². The van der Waals surface area contributed by atoms with E-state index in [9.17, 15) is 4.39 Å². The summed E-state index contributed by atoms with van der Waals surface area (Å²) in [5.41, 5.74) is 6.70. The van der Waals surface area contributed by atoms with Crippen LogP contribution < -0.4 is 5.73 Å². The third kappa shape index (κ3) is 2.05. The van der Waals surface area contributed by atoms with Crippen LogP contribution in [0.15, 0.2) is 18.2 Å². The Labute approximate surface area is 110 Å². The van der Waals surface area contributed by atoms with Crippen molar-refractivity contribution in [2.75, 3.05) is 0 Å². The van der Waals surface area contributed by atoms with Gasteiger partial charge in [0.15, 0.2) is 0 Å². The van der Waals surface area contributed by atoms with Crippen LogP contribution in [0.25, 0.3) is 10.1 Å². The quantitative estimate of drug-likeness (QED) is 0.917. The maximum absolute atomic E-state index is 13.9. The minimum atomic E-state index is -0.171. The van der Waals surface area contributed by atoms with E-state index in [1.54, 1.807) is 17.4 Å². The van der Waals surface area contributed by atoms with E-state index in [0.29, 0.717) is 24.6 Å². The molecule has 1 aromatic heterocycles. The Hall–Kier alpha value is -0.970. The largest absolute Gasteiger partial charge is 0.373 e. The molecular weight excluding hydrogens is 249 g/mol. The molecule has 1 fully saturated rings. The third-order valence-corrected chi connectivity index (χ3v) is 4.77. The Morgan fingerprint density at radius 2 is 2.22 bits per heavy atom. The lowest BCUT2D eigenvalue weighted by molar-refractivity contribution is -0.00834. The van der Waals surface area contributed by atoms with Crippen LogP contribution in [-0.2, 0) is 17.9 Å². The van der Waals surface area contributed by atoms with Crippen molar-refractivity contribution >= 4 is 21.4 Å². The first-order chi connectivity index (χ1) is 8.79. The fourth-order valence-corrected chi connectivity index (χ4v) is 3.37. The van der Waals surface area contributed by atoms with Crippen molar-refractivity contribution in [3.63, 3.8) is 0 Å². The maximum Gasteiger partial charge on any atom is 0.132 e. The van der Waals surface area contributed by atoms with Crippen LogP contribution in [0.5, 0.6) is 0 Å². The molecule has 18 heavy (non-hydrogen) atoms. The van der Waals surface area contributed by atoms with Crippen molar-refractivity contribution in [3.05, 3.63) is 34.5 Å². The monoisotopic (exact) mass is 265 g/mol. The number of halogens is 1. The highest BCUT2D eigenvalue weighted by Gasteiger charge is 2.20. The van der Waals surface area contributed by atoms with E-state index in [1.807, 2.05) is 6.07 Å². The fourth-order valence-electron chi connectivity index (χ4n) is 2.27. The van der Waals surface area contributed by atoms with E-state index in [-0.39, 0.29) is 5.82 Å². The normalized spacial score (nSPS) is 16.1. The van der Waals surface area contributed by atoms with E-state index in [2.05, 4.69) is 0 Å². The van der Waals surface area contributed by atoms with Gasteiger partial charge in [0.25, 0.3) is 0 Å². The van der Waals surface area contributed by atoms with Gasteiger partial charge in [-0.1, -0.05) is 6.07 Å².